The molecule has 9 heteroatoms. The summed E-state index contributed by atoms with van der Waals surface area (Å²) in [7, 11) is -3.41. The van der Waals surface area contributed by atoms with Gasteiger partial charge in [-0.3, -0.25) is 4.90 Å². The third kappa shape index (κ3) is 4.47. The lowest BCUT2D eigenvalue weighted by molar-refractivity contribution is -0.0457. The normalized spacial score (nSPS) is 27.1. The van der Waals surface area contributed by atoms with Gasteiger partial charge in [-0.05, 0) is 31.4 Å². The smallest absolute Gasteiger partial charge is 0.282 e. The maximum atomic E-state index is 13.0. The summed E-state index contributed by atoms with van der Waals surface area (Å²) in [6, 6.07) is 6.49. The first-order valence-electron chi connectivity index (χ1n) is 9.91. The first-order valence-corrected chi connectivity index (χ1v) is 11.3. The molecular formula is C19H31ClN4O3S. The molecule has 4 rings (SSSR count). The van der Waals surface area contributed by atoms with E-state index in [1.807, 2.05) is 13.8 Å². The highest BCUT2D eigenvalue weighted by Gasteiger charge is 2.36. The Morgan fingerprint density at radius 2 is 1.75 bits per heavy atom. The monoisotopic (exact) mass is 430 g/mol. The van der Waals surface area contributed by atoms with Crippen molar-refractivity contribution in [1.82, 2.24) is 13.5 Å². The molecule has 3 aliphatic heterocycles. The van der Waals surface area contributed by atoms with E-state index in [0.717, 1.165) is 32.6 Å². The average Bonchev–Trinajstić information content (AvgIpc) is 3.11. The molecule has 0 bridgehead atoms. The number of rotatable bonds is 4. The standard InChI is InChI=1S/C19H30N4O3S.ClH/c1-15-12-23(13-16(2)26-15)27(24,25)22-10-8-21(9-11-22)14-18-5-3-4-17-6-7-20-19(17)18;/h3-5,15-16,20H,6-14H2,1-2H3;1H. The van der Waals surface area contributed by atoms with Crippen LogP contribution in [0.4, 0.5) is 5.69 Å². The maximum absolute atomic E-state index is 13.0. The molecule has 0 spiro atoms. The van der Waals surface area contributed by atoms with Crippen molar-refractivity contribution in [3.8, 4) is 0 Å². The van der Waals surface area contributed by atoms with E-state index in [1.54, 1.807) is 8.61 Å². The Bertz CT molecular complexity index is 773. The Labute approximate surface area is 174 Å². The van der Waals surface area contributed by atoms with Gasteiger partial charge in [-0.1, -0.05) is 18.2 Å². The largest absolute Gasteiger partial charge is 0.384 e. The molecule has 2 saturated heterocycles. The van der Waals surface area contributed by atoms with Gasteiger partial charge in [-0.15, -0.1) is 12.4 Å². The van der Waals surface area contributed by atoms with Gasteiger partial charge < -0.3 is 10.1 Å². The second-order valence-electron chi connectivity index (χ2n) is 7.89. The Morgan fingerprint density at radius 3 is 2.43 bits per heavy atom. The van der Waals surface area contributed by atoms with Crippen molar-refractivity contribution in [2.75, 3.05) is 51.1 Å². The van der Waals surface area contributed by atoms with Gasteiger partial charge >= 0.3 is 0 Å². The van der Waals surface area contributed by atoms with Crippen LogP contribution in [0.3, 0.4) is 0 Å². The second kappa shape index (κ2) is 8.85. The van der Waals surface area contributed by atoms with E-state index in [0.29, 0.717) is 26.2 Å². The van der Waals surface area contributed by atoms with Crippen molar-refractivity contribution in [3.63, 3.8) is 0 Å². The molecule has 0 radical (unpaired) electrons. The minimum atomic E-state index is -3.41. The fraction of sp³-hybridized carbons (Fsp3) is 0.684. The number of para-hydroxylation sites is 1. The van der Waals surface area contributed by atoms with Crippen LogP contribution in [0, 0.1) is 0 Å². The maximum Gasteiger partial charge on any atom is 0.282 e. The van der Waals surface area contributed by atoms with Crippen molar-refractivity contribution >= 4 is 28.3 Å². The molecule has 2 atom stereocenters. The van der Waals surface area contributed by atoms with E-state index in [4.69, 9.17) is 4.74 Å². The van der Waals surface area contributed by atoms with E-state index in [2.05, 4.69) is 28.4 Å². The third-order valence-electron chi connectivity index (χ3n) is 5.70. The van der Waals surface area contributed by atoms with Crippen LogP contribution >= 0.6 is 12.4 Å². The van der Waals surface area contributed by atoms with Gasteiger partial charge in [-0.25, -0.2) is 0 Å². The lowest BCUT2D eigenvalue weighted by atomic mass is 10.1. The molecule has 3 aliphatic rings. The van der Waals surface area contributed by atoms with Crippen LogP contribution in [-0.4, -0.2) is 79.9 Å². The number of nitrogens with one attached hydrogen (secondary N) is 1. The summed E-state index contributed by atoms with van der Waals surface area (Å²) >= 11 is 0. The van der Waals surface area contributed by atoms with Gasteiger partial charge in [0.05, 0.1) is 12.2 Å². The van der Waals surface area contributed by atoms with Crippen LogP contribution in [0.5, 0.6) is 0 Å². The van der Waals surface area contributed by atoms with Gasteiger partial charge in [0.15, 0.2) is 0 Å². The topological polar surface area (TPSA) is 65.1 Å². The number of piperazine rings is 1. The first kappa shape index (κ1) is 21.8. The summed E-state index contributed by atoms with van der Waals surface area (Å²) in [6.45, 7) is 9.24. The van der Waals surface area contributed by atoms with Crippen LogP contribution < -0.4 is 5.32 Å². The summed E-state index contributed by atoms with van der Waals surface area (Å²) in [5.41, 5.74) is 3.99. The summed E-state index contributed by atoms with van der Waals surface area (Å²) in [6.07, 6.45) is 0.973. The van der Waals surface area contributed by atoms with Crippen LogP contribution in [-0.2, 0) is 27.9 Å². The number of halogens is 1. The minimum absolute atomic E-state index is 0. The van der Waals surface area contributed by atoms with Gasteiger partial charge in [-0.2, -0.15) is 17.0 Å². The van der Waals surface area contributed by atoms with Crippen LogP contribution in [0.2, 0.25) is 0 Å². The number of hydrogen-bond acceptors (Lipinski definition) is 5. The van der Waals surface area contributed by atoms with Crippen LogP contribution in [0.15, 0.2) is 18.2 Å². The first-order chi connectivity index (χ1) is 12.9. The Kier molecular flexibility index (Phi) is 6.89. The fourth-order valence-electron chi connectivity index (χ4n) is 4.38. The van der Waals surface area contributed by atoms with Gasteiger partial charge in [0.1, 0.15) is 0 Å². The van der Waals surface area contributed by atoms with Gasteiger partial charge in [0.2, 0.25) is 0 Å². The third-order valence-corrected chi connectivity index (χ3v) is 7.67. The highest BCUT2D eigenvalue weighted by molar-refractivity contribution is 7.86. The highest BCUT2D eigenvalue weighted by Crippen LogP contribution is 2.28. The lowest BCUT2D eigenvalue weighted by Crippen LogP contribution is -2.57. The number of ether oxygens (including phenoxy) is 1. The molecule has 158 valence electrons. The molecule has 2 fully saturated rings. The van der Waals surface area contributed by atoms with E-state index < -0.39 is 10.2 Å². The zero-order chi connectivity index (χ0) is 19.0. The van der Waals surface area contributed by atoms with Crippen LogP contribution in [0.25, 0.3) is 0 Å². The van der Waals surface area contributed by atoms with E-state index in [1.165, 1.54) is 16.8 Å². The summed E-state index contributed by atoms with van der Waals surface area (Å²) in [5, 5.41) is 3.49. The number of hydrogen-bond donors (Lipinski definition) is 1. The number of morpholine rings is 1. The lowest BCUT2D eigenvalue weighted by Gasteiger charge is -2.40. The van der Waals surface area contributed by atoms with Crippen molar-refractivity contribution < 1.29 is 13.2 Å². The average molecular weight is 431 g/mol. The Morgan fingerprint density at radius 1 is 1.07 bits per heavy atom. The van der Waals surface area contributed by atoms with Gasteiger partial charge in [0.25, 0.3) is 10.2 Å². The molecule has 1 aromatic carbocycles. The van der Waals surface area contributed by atoms with Gasteiger partial charge in [0, 0.05) is 58.0 Å². The number of benzene rings is 1. The quantitative estimate of drug-likeness (QED) is 0.785. The van der Waals surface area contributed by atoms with Crippen molar-refractivity contribution in [1.29, 1.82) is 0 Å². The van der Waals surface area contributed by atoms with Crippen molar-refractivity contribution in [2.24, 2.45) is 0 Å². The summed E-state index contributed by atoms with van der Waals surface area (Å²) in [4.78, 5) is 2.35. The van der Waals surface area contributed by atoms with E-state index in [-0.39, 0.29) is 24.6 Å². The molecule has 0 aromatic heterocycles. The molecule has 0 saturated carbocycles. The predicted octanol–water partition coefficient (Wildman–Crippen LogP) is 1.55. The fourth-order valence-corrected chi connectivity index (χ4v) is 6.13. The number of nitrogens with zero attached hydrogens (tertiary/aromatic N) is 3. The summed E-state index contributed by atoms with van der Waals surface area (Å²) in [5.74, 6) is 0. The zero-order valence-corrected chi connectivity index (χ0v) is 18.3. The molecule has 7 nitrogen and oxygen atoms in total. The summed E-state index contributed by atoms with van der Waals surface area (Å²) < 4.78 is 34.9. The highest BCUT2D eigenvalue weighted by atomic mass is 35.5. The molecular weight excluding hydrogens is 400 g/mol. The number of anilines is 1. The van der Waals surface area contributed by atoms with Crippen molar-refractivity contribution in [2.45, 2.75) is 39.0 Å². The minimum Gasteiger partial charge on any atom is -0.384 e. The molecule has 3 heterocycles. The van der Waals surface area contributed by atoms with Crippen LogP contribution in [0.1, 0.15) is 25.0 Å². The molecule has 1 aromatic rings. The number of fused-ring (bicyclic) bond motifs is 1. The molecule has 28 heavy (non-hydrogen) atoms. The van der Waals surface area contributed by atoms with Crippen molar-refractivity contribution in [3.05, 3.63) is 29.3 Å². The Hall–Kier alpha value is -0.900. The molecule has 2 unspecified atom stereocenters. The SMILES string of the molecule is CC1CN(S(=O)(=O)N2CCN(Cc3cccc4c3NCC4)CC2)CC(C)O1.Cl. The second-order valence-corrected chi connectivity index (χ2v) is 9.81. The Balaban J connectivity index is 0.00000225. The van der Waals surface area contributed by atoms with E-state index >= 15 is 0 Å². The predicted molar refractivity (Wildman–Crippen MR) is 113 cm³/mol. The molecule has 0 amide bonds. The zero-order valence-electron chi connectivity index (χ0n) is 16.6. The molecule has 1 N–H and O–H groups in total. The molecule has 0 aliphatic carbocycles. The van der Waals surface area contributed by atoms with E-state index in [9.17, 15) is 8.42 Å².